The monoisotopic (exact) mass is 204 g/mol. The highest BCUT2D eigenvalue weighted by Gasteiger charge is 2.03. The number of aromatic nitrogens is 1. The molecule has 0 spiro atoms. The van der Waals surface area contributed by atoms with Gasteiger partial charge in [0.2, 0.25) is 0 Å². The number of benzene rings is 1. The molecule has 0 aliphatic rings. The van der Waals surface area contributed by atoms with Crippen LogP contribution in [0.4, 0.5) is 0 Å². The third-order valence-electron chi connectivity index (χ3n) is 2.04. The van der Waals surface area contributed by atoms with Crippen molar-refractivity contribution in [1.82, 2.24) is 10.3 Å². The molecule has 0 atom stereocenters. The number of carbonyl (C=O) groups is 1. The lowest BCUT2D eigenvalue weighted by atomic mass is 10.1. The molecular formula is C12H16N2O. The van der Waals surface area contributed by atoms with E-state index in [1.54, 1.807) is 13.1 Å². The second-order valence-corrected chi connectivity index (χ2v) is 2.86. The van der Waals surface area contributed by atoms with Gasteiger partial charge in [0.05, 0.1) is 0 Å². The summed E-state index contributed by atoms with van der Waals surface area (Å²) in [5.41, 5.74) is 1.74. The minimum atomic E-state index is -0.0527. The third-order valence-corrected chi connectivity index (χ3v) is 2.04. The minimum absolute atomic E-state index is 0.0527. The molecule has 1 aromatic heterocycles. The molecular weight excluding hydrogens is 188 g/mol. The first-order valence-corrected chi connectivity index (χ1v) is 5.10. The zero-order valence-electron chi connectivity index (χ0n) is 9.29. The average Bonchev–Trinajstić information content (AvgIpc) is 2.77. The summed E-state index contributed by atoms with van der Waals surface area (Å²) in [5, 5.41) is 3.65. The Kier molecular flexibility index (Phi) is 3.92. The van der Waals surface area contributed by atoms with Gasteiger partial charge in [0.15, 0.2) is 0 Å². The van der Waals surface area contributed by atoms with Gasteiger partial charge in [0.1, 0.15) is 0 Å². The van der Waals surface area contributed by atoms with Crippen LogP contribution in [0.2, 0.25) is 0 Å². The summed E-state index contributed by atoms with van der Waals surface area (Å²) in [6.45, 7) is 4.00. The highest BCUT2D eigenvalue weighted by Crippen LogP contribution is 2.13. The summed E-state index contributed by atoms with van der Waals surface area (Å²) in [4.78, 5) is 14.3. The van der Waals surface area contributed by atoms with E-state index in [0.717, 1.165) is 10.9 Å². The lowest BCUT2D eigenvalue weighted by Gasteiger charge is -1.98. The van der Waals surface area contributed by atoms with Crippen LogP contribution in [0.5, 0.6) is 0 Å². The van der Waals surface area contributed by atoms with Gasteiger partial charge >= 0.3 is 0 Å². The van der Waals surface area contributed by atoms with Gasteiger partial charge in [-0.1, -0.05) is 13.8 Å². The molecule has 15 heavy (non-hydrogen) atoms. The Morgan fingerprint density at radius 1 is 1.27 bits per heavy atom. The van der Waals surface area contributed by atoms with Gasteiger partial charge in [-0.2, -0.15) is 0 Å². The lowest BCUT2D eigenvalue weighted by Crippen LogP contribution is -2.17. The molecule has 3 heteroatoms. The zero-order valence-corrected chi connectivity index (χ0v) is 9.29. The summed E-state index contributed by atoms with van der Waals surface area (Å²) in [6, 6.07) is 7.52. The van der Waals surface area contributed by atoms with E-state index in [0.29, 0.717) is 5.56 Å². The van der Waals surface area contributed by atoms with Gasteiger partial charge in [0.25, 0.3) is 5.91 Å². The first-order chi connectivity index (χ1) is 7.31. The predicted molar refractivity (Wildman–Crippen MR) is 63.0 cm³/mol. The van der Waals surface area contributed by atoms with Gasteiger partial charge in [0, 0.05) is 29.7 Å². The smallest absolute Gasteiger partial charge is 0.251 e. The van der Waals surface area contributed by atoms with Crippen LogP contribution in [0.25, 0.3) is 10.9 Å². The second kappa shape index (κ2) is 5.20. The maximum Gasteiger partial charge on any atom is 0.251 e. The lowest BCUT2D eigenvalue weighted by molar-refractivity contribution is 0.0963. The molecule has 2 aromatic rings. The predicted octanol–water partition coefficient (Wildman–Crippen LogP) is 2.55. The molecule has 0 bridgehead atoms. The first-order valence-electron chi connectivity index (χ1n) is 5.10. The van der Waals surface area contributed by atoms with Crippen molar-refractivity contribution < 1.29 is 4.79 Å². The number of H-pyrrole nitrogens is 1. The standard InChI is InChI=1S/C10H10N2O.C2H6/c1-11-10(13)8-2-3-9-7(6-8)4-5-12-9;1-2/h2-6,12H,1H3,(H,11,13);1-2H3. The molecule has 2 rings (SSSR count). The van der Waals surface area contributed by atoms with Crippen molar-refractivity contribution in [2.45, 2.75) is 13.8 Å². The van der Waals surface area contributed by atoms with Crippen LogP contribution in [0.3, 0.4) is 0 Å². The van der Waals surface area contributed by atoms with Crippen LogP contribution in [0.15, 0.2) is 30.5 Å². The normalized spacial score (nSPS) is 9.27. The molecule has 0 unspecified atom stereocenters. The number of hydrogen-bond donors (Lipinski definition) is 2. The highest BCUT2D eigenvalue weighted by molar-refractivity contribution is 5.97. The van der Waals surface area contributed by atoms with E-state index in [-0.39, 0.29) is 5.91 Å². The number of amides is 1. The summed E-state index contributed by atoms with van der Waals surface area (Å²) in [6.07, 6.45) is 1.86. The molecule has 0 aliphatic carbocycles. The van der Waals surface area contributed by atoms with Gasteiger partial charge in [-0.05, 0) is 24.3 Å². The third kappa shape index (κ3) is 2.37. The van der Waals surface area contributed by atoms with Crippen molar-refractivity contribution in [1.29, 1.82) is 0 Å². The molecule has 0 fully saturated rings. The highest BCUT2D eigenvalue weighted by atomic mass is 16.1. The van der Waals surface area contributed by atoms with E-state index in [4.69, 9.17) is 0 Å². The molecule has 0 saturated carbocycles. The zero-order chi connectivity index (χ0) is 11.3. The Bertz CT molecular complexity index is 446. The van der Waals surface area contributed by atoms with Crippen molar-refractivity contribution in [3.05, 3.63) is 36.0 Å². The van der Waals surface area contributed by atoms with Crippen LogP contribution in [0, 0.1) is 0 Å². The van der Waals surface area contributed by atoms with Crippen molar-refractivity contribution >= 4 is 16.8 Å². The molecule has 1 amide bonds. The van der Waals surface area contributed by atoms with Gasteiger partial charge in [-0.15, -0.1) is 0 Å². The second-order valence-electron chi connectivity index (χ2n) is 2.86. The van der Waals surface area contributed by atoms with Gasteiger partial charge < -0.3 is 10.3 Å². The molecule has 0 aliphatic heterocycles. The SMILES string of the molecule is CC.CNC(=O)c1ccc2[nH]ccc2c1. The largest absolute Gasteiger partial charge is 0.361 e. The van der Waals surface area contributed by atoms with E-state index in [1.165, 1.54) is 0 Å². The Labute approximate surface area is 89.5 Å². The molecule has 0 saturated heterocycles. The van der Waals surface area contributed by atoms with Crippen LogP contribution in [-0.4, -0.2) is 17.9 Å². The summed E-state index contributed by atoms with van der Waals surface area (Å²) in [5.74, 6) is -0.0527. The van der Waals surface area contributed by atoms with Crippen LogP contribution in [-0.2, 0) is 0 Å². The quantitative estimate of drug-likeness (QED) is 0.736. The molecule has 2 N–H and O–H groups in total. The van der Waals surface area contributed by atoms with Crippen LogP contribution in [0.1, 0.15) is 24.2 Å². The molecule has 3 nitrogen and oxygen atoms in total. The molecule has 1 aromatic carbocycles. The van der Waals surface area contributed by atoms with E-state index in [2.05, 4.69) is 10.3 Å². The Hall–Kier alpha value is -1.77. The fourth-order valence-electron chi connectivity index (χ4n) is 1.34. The Morgan fingerprint density at radius 2 is 2.00 bits per heavy atom. The number of hydrogen-bond acceptors (Lipinski definition) is 1. The van der Waals surface area contributed by atoms with Crippen molar-refractivity contribution in [3.63, 3.8) is 0 Å². The first kappa shape index (κ1) is 11.3. The van der Waals surface area contributed by atoms with Crippen LogP contribution >= 0.6 is 0 Å². The minimum Gasteiger partial charge on any atom is -0.361 e. The van der Waals surface area contributed by atoms with Crippen molar-refractivity contribution in [2.75, 3.05) is 7.05 Å². The van der Waals surface area contributed by atoms with E-state index in [1.807, 2.05) is 38.2 Å². The number of nitrogens with one attached hydrogen (secondary N) is 2. The Morgan fingerprint density at radius 3 is 2.67 bits per heavy atom. The molecule has 1 heterocycles. The van der Waals surface area contributed by atoms with Gasteiger partial charge in [-0.25, -0.2) is 0 Å². The summed E-state index contributed by atoms with van der Waals surface area (Å²) >= 11 is 0. The topological polar surface area (TPSA) is 44.9 Å². The molecule has 0 radical (unpaired) electrons. The maximum absolute atomic E-state index is 11.3. The van der Waals surface area contributed by atoms with Crippen molar-refractivity contribution in [3.8, 4) is 0 Å². The van der Waals surface area contributed by atoms with E-state index >= 15 is 0 Å². The number of fused-ring (bicyclic) bond motifs is 1. The number of carbonyl (C=O) groups excluding carboxylic acids is 1. The van der Waals surface area contributed by atoms with E-state index < -0.39 is 0 Å². The van der Waals surface area contributed by atoms with E-state index in [9.17, 15) is 4.79 Å². The maximum atomic E-state index is 11.3. The fraction of sp³-hybridized carbons (Fsp3) is 0.250. The molecule has 80 valence electrons. The number of aromatic amines is 1. The number of rotatable bonds is 1. The fourth-order valence-corrected chi connectivity index (χ4v) is 1.34. The average molecular weight is 204 g/mol. The Balaban J connectivity index is 0.000000531. The summed E-state index contributed by atoms with van der Waals surface area (Å²) < 4.78 is 0. The van der Waals surface area contributed by atoms with Gasteiger partial charge in [-0.3, -0.25) is 4.79 Å². The summed E-state index contributed by atoms with van der Waals surface area (Å²) in [7, 11) is 1.63. The van der Waals surface area contributed by atoms with Crippen LogP contribution < -0.4 is 5.32 Å². The van der Waals surface area contributed by atoms with Crippen molar-refractivity contribution in [2.24, 2.45) is 0 Å².